The van der Waals surface area contributed by atoms with Crippen molar-refractivity contribution in [2.45, 2.75) is 38.5 Å². The number of fused-ring (bicyclic) bond motifs is 18. The largest absolute Gasteiger partial charge is 0.309 e. The standard InChI is InChI=1S/C104H69N7S/c1-103(2)85-37-20-17-34-73(85)77-52-80-82-54-79-74-35-18-21-38-93(74)109(70-32-15-8-16-33-70)96(79)60-97(82)110(94(80)56-87(77)103)71-45-40-66(41-46-71)102-107-91(64-28-13-7-14-29-64)59-92(108-102)69-31-23-30-67(50-69)68-44-49-86-76(51-68)78-53-81-83-55-84-75-36-19-22-39-99(75)112-100(84)61-98(83)111(95(81)57-88(78)104(86,3)4)72-47-42-65(43-48-72)101-105-89(62-24-9-5-10-25-62)58-90(106-101)63-26-11-6-12-27-63/h5-61H,1-4H3. The van der Waals surface area contributed by atoms with E-state index < -0.39 is 0 Å². The summed E-state index contributed by atoms with van der Waals surface area (Å²) in [6.07, 6.45) is 0. The predicted octanol–water partition coefficient (Wildman–Crippen LogP) is 27.2. The van der Waals surface area contributed by atoms with Crippen LogP contribution in [-0.2, 0) is 10.8 Å². The summed E-state index contributed by atoms with van der Waals surface area (Å²) >= 11 is 1.86. The first-order valence-corrected chi connectivity index (χ1v) is 39.4. The minimum atomic E-state index is -0.298. The van der Waals surface area contributed by atoms with Gasteiger partial charge in [0.15, 0.2) is 11.6 Å². The molecule has 0 radical (unpaired) electrons. The van der Waals surface area contributed by atoms with Gasteiger partial charge in [0, 0.05) is 114 Å². The molecular weight excluding hydrogens is 1380 g/mol. The van der Waals surface area contributed by atoms with Crippen molar-refractivity contribution in [2.75, 3.05) is 0 Å². The van der Waals surface area contributed by atoms with Gasteiger partial charge in [-0.2, -0.15) is 0 Å². The number of aromatic nitrogens is 7. The molecule has 15 aromatic carbocycles. The third-order valence-corrected chi connectivity index (χ3v) is 25.4. The van der Waals surface area contributed by atoms with E-state index in [1.807, 2.05) is 23.5 Å². The molecule has 0 spiro atoms. The zero-order valence-corrected chi connectivity index (χ0v) is 62.8. The summed E-state index contributed by atoms with van der Waals surface area (Å²) in [5.74, 6) is 1.35. The number of nitrogens with zero attached hydrogens (tertiary/aromatic N) is 7. The summed E-state index contributed by atoms with van der Waals surface area (Å²) in [5.41, 5.74) is 32.0. The number of hydrogen-bond donors (Lipinski definition) is 0. The van der Waals surface area contributed by atoms with Crippen LogP contribution in [0.5, 0.6) is 0 Å². The van der Waals surface area contributed by atoms with E-state index >= 15 is 0 Å². The van der Waals surface area contributed by atoms with E-state index in [1.165, 1.54) is 125 Å². The zero-order valence-electron chi connectivity index (χ0n) is 61.9. The quantitative estimate of drug-likeness (QED) is 0.137. The molecule has 112 heavy (non-hydrogen) atoms. The molecule has 0 fully saturated rings. The monoisotopic (exact) mass is 1450 g/mol. The molecular formula is C104H69N7S. The molecule has 6 aromatic heterocycles. The van der Waals surface area contributed by atoms with Gasteiger partial charge in [-0.05, 0) is 201 Å². The lowest BCUT2D eigenvalue weighted by Crippen LogP contribution is -2.15. The third kappa shape index (κ3) is 9.78. The summed E-state index contributed by atoms with van der Waals surface area (Å²) in [4.78, 5) is 21.4. The molecule has 0 saturated heterocycles. The van der Waals surface area contributed by atoms with Gasteiger partial charge in [-0.1, -0.05) is 228 Å². The Morgan fingerprint density at radius 1 is 0.214 bits per heavy atom. The summed E-state index contributed by atoms with van der Waals surface area (Å²) in [6, 6.07) is 127. The van der Waals surface area contributed by atoms with Crippen molar-refractivity contribution in [3.05, 3.63) is 368 Å². The van der Waals surface area contributed by atoms with Gasteiger partial charge in [-0.25, -0.2) is 19.9 Å². The van der Waals surface area contributed by atoms with Gasteiger partial charge in [0.05, 0.1) is 55.9 Å². The van der Waals surface area contributed by atoms with Gasteiger partial charge in [0.2, 0.25) is 0 Å². The Kier molecular flexibility index (Phi) is 13.9. The molecule has 2 aliphatic rings. The molecule has 0 bridgehead atoms. The summed E-state index contributed by atoms with van der Waals surface area (Å²) in [7, 11) is 0. The molecule has 526 valence electrons. The second-order valence-corrected chi connectivity index (χ2v) is 32.4. The van der Waals surface area contributed by atoms with E-state index in [0.29, 0.717) is 11.6 Å². The molecule has 0 unspecified atom stereocenters. The van der Waals surface area contributed by atoms with E-state index in [-0.39, 0.29) is 10.8 Å². The van der Waals surface area contributed by atoms with Gasteiger partial charge in [-0.15, -0.1) is 11.3 Å². The topological polar surface area (TPSA) is 66.3 Å². The molecule has 0 saturated carbocycles. The number of rotatable bonds is 10. The molecule has 2 aliphatic carbocycles. The maximum Gasteiger partial charge on any atom is 0.160 e. The molecule has 0 N–H and O–H groups in total. The molecule has 0 aliphatic heterocycles. The van der Waals surface area contributed by atoms with Crippen LogP contribution in [0.4, 0.5) is 0 Å². The minimum Gasteiger partial charge on any atom is -0.309 e. The van der Waals surface area contributed by atoms with Crippen molar-refractivity contribution in [3.8, 4) is 118 Å². The normalized spacial score (nSPS) is 13.3. The van der Waals surface area contributed by atoms with Gasteiger partial charge < -0.3 is 13.7 Å². The molecule has 6 heterocycles. The van der Waals surface area contributed by atoms with Crippen LogP contribution in [-0.4, -0.2) is 33.6 Å². The highest BCUT2D eigenvalue weighted by atomic mass is 32.1. The van der Waals surface area contributed by atoms with Crippen molar-refractivity contribution >= 4 is 96.9 Å². The van der Waals surface area contributed by atoms with E-state index in [1.54, 1.807) is 0 Å². The van der Waals surface area contributed by atoms with Crippen LogP contribution in [0.3, 0.4) is 0 Å². The Morgan fingerprint density at radius 3 is 1.20 bits per heavy atom. The van der Waals surface area contributed by atoms with Crippen molar-refractivity contribution in [3.63, 3.8) is 0 Å². The molecule has 0 amide bonds. The maximum absolute atomic E-state index is 5.53. The molecule has 7 nitrogen and oxygen atoms in total. The van der Waals surface area contributed by atoms with Crippen LogP contribution >= 0.6 is 11.3 Å². The van der Waals surface area contributed by atoms with E-state index in [4.69, 9.17) is 19.9 Å². The van der Waals surface area contributed by atoms with Gasteiger partial charge in [-0.3, -0.25) is 0 Å². The van der Waals surface area contributed by atoms with E-state index in [0.717, 1.165) is 89.9 Å². The van der Waals surface area contributed by atoms with Gasteiger partial charge in [0.1, 0.15) is 0 Å². The summed E-state index contributed by atoms with van der Waals surface area (Å²) < 4.78 is 9.96. The Labute approximate surface area is 651 Å². The fourth-order valence-corrected chi connectivity index (χ4v) is 19.8. The van der Waals surface area contributed by atoms with Crippen molar-refractivity contribution in [1.29, 1.82) is 0 Å². The van der Waals surface area contributed by atoms with Crippen LogP contribution < -0.4 is 0 Å². The highest BCUT2D eigenvalue weighted by Gasteiger charge is 2.39. The Bertz CT molecular complexity index is 7450. The third-order valence-electron chi connectivity index (χ3n) is 24.3. The number of benzene rings is 15. The minimum absolute atomic E-state index is 0.186. The van der Waals surface area contributed by atoms with Crippen LogP contribution in [0.25, 0.3) is 204 Å². The van der Waals surface area contributed by atoms with E-state index in [9.17, 15) is 0 Å². The lowest BCUT2D eigenvalue weighted by atomic mass is 9.82. The van der Waals surface area contributed by atoms with E-state index in [2.05, 4.69) is 375 Å². The first kappa shape index (κ1) is 64.1. The summed E-state index contributed by atoms with van der Waals surface area (Å²) in [6.45, 7) is 9.54. The highest BCUT2D eigenvalue weighted by molar-refractivity contribution is 7.25. The van der Waals surface area contributed by atoms with Gasteiger partial charge >= 0.3 is 0 Å². The lowest BCUT2D eigenvalue weighted by Gasteiger charge is -2.22. The first-order chi connectivity index (χ1) is 55.0. The molecule has 21 aromatic rings. The Balaban J connectivity index is 0.632. The summed E-state index contributed by atoms with van der Waals surface area (Å²) in [5, 5.41) is 9.92. The van der Waals surface area contributed by atoms with Crippen LogP contribution in [0.2, 0.25) is 0 Å². The Morgan fingerprint density at radius 2 is 0.607 bits per heavy atom. The van der Waals surface area contributed by atoms with Crippen molar-refractivity contribution < 1.29 is 0 Å². The fourth-order valence-electron chi connectivity index (χ4n) is 18.7. The fraction of sp³-hybridized carbons (Fsp3) is 0.0577. The first-order valence-electron chi connectivity index (χ1n) is 38.6. The smallest absolute Gasteiger partial charge is 0.160 e. The molecule has 8 heteroatoms. The average molecular weight is 1450 g/mol. The average Bonchev–Trinajstić information content (AvgIpc) is 1.54. The lowest BCUT2D eigenvalue weighted by molar-refractivity contribution is 0.661. The number of hydrogen-bond acceptors (Lipinski definition) is 5. The molecule has 0 atom stereocenters. The SMILES string of the molecule is CC1(C)c2ccc(-c3cccc(-c4cc(-c5ccccc5)nc(-c5ccc(-n6c7cc8c(cc7c7cc9c%10ccccc%10n(-c%10ccccc%10)c9cc76)-c6ccccc6C8(C)C)cc5)n4)c3)cc2-c2cc3c4cc5c(cc4n(-c4ccc(-c6nc(-c7ccccc7)cc(-c7ccccc7)n6)cc4)c3cc21)sc1ccccc15. The Hall–Kier alpha value is -13.9. The van der Waals surface area contributed by atoms with Crippen LogP contribution in [0, 0.1) is 0 Å². The van der Waals surface area contributed by atoms with Crippen molar-refractivity contribution in [1.82, 2.24) is 33.6 Å². The zero-order chi connectivity index (χ0) is 74.2. The maximum atomic E-state index is 5.53. The van der Waals surface area contributed by atoms with Crippen LogP contribution in [0.15, 0.2) is 346 Å². The second kappa shape index (κ2) is 24.3. The van der Waals surface area contributed by atoms with Crippen molar-refractivity contribution in [2.24, 2.45) is 0 Å². The molecule has 23 rings (SSSR count). The van der Waals surface area contributed by atoms with Crippen LogP contribution in [0.1, 0.15) is 49.9 Å². The second-order valence-electron chi connectivity index (χ2n) is 31.3. The highest BCUT2D eigenvalue weighted by Crippen LogP contribution is 2.55. The number of para-hydroxylation sites is 2. The van der Waals surface area contributed by atoms with Gasteiger partial charge in [0.25, 0.3) is 0 Å². The number of thiophene rings is 1. The predicted molar refractivity (Wildman–Crippen MR) is 467 cm³/mol.